The van der Waals surface area contributed by atoms with Crippen molar-refractivity contribution in [1.29, 1.82) is 0 Å². The minimum absolute atomic E-state index is 0. The number of guanidine groups is 1. The van der Waals surface area contributed by atoms with Gasteiger partial charge in [-0.1, -0.05) is 0 Å². The number of nitrogens with one attached hydrogen (secondary N) is 1. The Morgan fingerprint density at radius 3 is 2.62 bits per heavy atom. The Kier molecular flexibility index (Phi) is 5.70. The summed E-state index contributed by atoms with van der Waals surface area (Å²) in [4.78, 5) is 4.09. The Hall–Kier alpha value is 0.580. The molecule has 0 spiro atoms. The van der Waals surface area contributed by atoms with Gasteiger partial charge in [-0.15, -0.1) is 47.2 Å². The number of halogens is 3. The van der Waals surface area contributed by atoms with Crippen molar-refractivity contribution in [2.45, 2.75) is 17.7 Å². The topological polar surface area (TPSA) is 50.4 Å². The molecule has 1 rings (SSSR count). The van der Waals surface area contributed by atoms with E-state index >= 15 is 0 Å². The molecule has 0 aromatic carbocycles. The van der Waals surface area contributed by atoms with Crippen molar-refractivity contribution >= 4 is 53.1 Å². The van der Waals surface area contributed by atoms with Crippen LogP contribution in [0.1, 0.15) is 13.3 Å². The minimum Gasteiger partial charge on any atom is -0.370 e. The normalized spacial score (nSPS) is 24.8. The number of aliphatic imine (C=N–C) groups is 1. The Morgan fingerprint density at radius 1 is 1.69 bits per heavy atom. The van der Waals surface area contributed by atoms with Gasteiger partial charge < -0.3 is 11.1 Å². The molecular weight excluding hydrogens is 324 g/mol. The molecule has 0 aliphatic heterocycles. The lowest BCUT2D eigenvalue weighted by Gasteiger charge is -2.01. The summed E-state index contributed by atoms with van der Waals surface area (Å²) >= 11 is 11.6. The highest BCUT2D eigenvalue weighted by Gasteiger charge is 2.51. The second-order valence-electron chi connectivity index (χ2n) is 2.92. The van der Waals surface area contributed by atoms with Crippen LogP contribution in [0.25, 0.3) is 0 Å². The summed E-state index contributed by atoms with van der Waals surface area (Å²) in [6.07, 6.45) is 0.818. The number of hydrogen-bond acceptors (Lipinski definition) is 1. The van der Waals surface area contributed by atoms with Crippen LogP contribution in [-0.2, 0) is 0 Å². The fourth-order valence-electron chi connectivity index (χ4n) is 0.913. The smallest absolute Gasteiger partial charge is 0.188 e. The van der Waals surface area contributed by atoms with E-state index in [0.29, 0.717) is 12.5 Å². The SMILES string of the molecule is CCNC(N)=NCC1CC1(Cl)Cl.I. The van der Waals surface area contributed by atoms with Gasteiger partial charge in [-0.3, -0.25) is 4.99 Å². The van der Waals surface area contributed by atoms with Crippen LogP contribution in [0, 0.1) is 5.92 Å². The van der Waals surface area contributed by atoms with Crippen molar-refractivity contribution in [1.82, 2.24) is 5.32 Å². The average Bonchev–Trinajstić information content (AvgIpc) is 2.56. The molecule has 0 heterocycles. The summed E-state index contributed by atoms with van der Waals surface area (Å²) in [6.45, 7) is 3.37. The molecule has 1 atom stereocenters. The third kappa shape index (κ3) is 4.56. The molecule has 1 unspecified atom stereocenters. The fourth-order valence-corrected chi connectivity index (χ4v) is 1.42. The first-order chi connectivity index (χ1) is 5.56. The van der Waals surface area contributed by atoms with E-state index in [4.69, 9.17) is 28.9 Å². The number of hydrogen-bond donors (Lipinski definition) is 2. The van der Waals surface area contributed by atoms with Crippen molar-refractivity contribution in [2.75, 3.05) is 13.1 Å². The lowest BCUT2D eigenvalue weighted by Crippen LogP contribution is -2.31. The molecule has 0 amide bonds. The molecule has 3 N–H and O–H groups in total. The van der Waals surface area contributed by atoms with Crippen LogP contribution in [0.4, 0.5) is 0 Å². The summed E-state index contributed by atoms with van der Waals surface area (Å²) in [5, 5.41) is 2.90. The highest BCUT2D eigenvalue weighted by molar-refractivity contribution is 14.0. The summed E-state index contributed by atoms with van der Waals surface area (Å²) in [5.41, 5.74) is 5.50. The van der Waals surface area contributed by atoms with Crippen LogP contribution in [-0.4, -0.2) is 23.4 Å². The molecule has 13 heavy (non-hydrogen) atoms. The molecule has 6 heteroatoms. The maximum Gasteiger partial charge on any atom is 0.188 e. The highest BCUT2D eigenvalue weighted by Crippen LogP contribution is 2.53. The minimum atomic E-state index is -0.546. The number of nitrogens with zero attached hydrogens (tertiary/aromatic N) is 1. The van der Waals surface area contributed by atoms with Crippen LogP contribution in [0.3, 0.4) is 0 Å². The fraction of sp³-hybridized carbons (Fsp3) is 0.857. The molecule has 1 saturated carbocycles. The number of alkyl halides is 2. The maximum atomic E-state index is 5.80. The van der Waals surface area contributed by atoms with E-state index in [1.807, 2.05) is 6.92 Å². The van der Waals surface area contributed by atoms with Gasteiger partial charge in [-0.25, -0.2) is 0 Å². The molecule has 78 valence electrons. The second-order valence-corrected chi connectivity index (χ2v) is 4.46. The van der Waals surface area contributed by atoms with Gasteiger partial charge in [0.2, 0.25) is 0 Å². The van der Waals surface area contributed by atoms with E-state index in [9.17, 15) is 0 Å². The van der Waals surface area contributed by atoms with Gasteiger partial charge in [0.05, 0.1) is 0 Å². The zero-order valence-electron chi connectivity index (χ0n) is 7.39. The Morgan fingerprint density at radius 2 is 2.23 bits per heavy atom. The van der Waals surface area contributed by atoms with E-state index in [-0.39, 0.29) is 29.9 Å². The molecule has 0 aromatic rings. The van der Waals surface area contributed by atoms with Gasteiger partial charge in [-0.2, -0.15) is 0 Å². The molecule has 3 nitrogen and oxygen atoms in total. The Bertz CT molecular complexity index is 196. The summed E-state index contributed by atoms with van der Waals surface area (Å²) in [6, 6.07) is 0. The second kappa shape index (κ2) is 5.46. The molecule has 1 fully saturated rings. The van der Waals surface area contributed by atoms with Gasteiger partial charge >= 0.3 is 0 Å². The van der Waals surface area contributed by atoms with Crippen molar-refractivity contribution in [2.24, 2.45) is 16.6 Å². The van der Waals surface area contributed by atoms with Crippen molar-refractivity contribution < 1.29 is 0 Å². The standard InChI is InChI=1S/C7H13Cl2N3.HI/c1-2-11-6(10)12-4-5-3-7(5,8)9;/h5H,2-4H2,1H3,(H3,10,11,12);1H. The first kappa shape index (κ1) is 13.6. The van der Waals surface area contributed by atoms with Gasteiger partial charge in [0.1, 0.15) is 4.33 Å². The molecule has 0 bridgehead atoms. The van der Waals surface area contributed by atoms with Crippen molar-refractivity contribution in [3.63, 3.8) is 0 Å². The molecular formula is C7H14Cl2IN3. The largest absolute Gasteiger partial charge is 0.370 e. The van der Waals surface area contributed by atoms with Gasteiger partial charge in [0.25, 0.3) is 0 Å². The first-order valence-electron chi connectivity index (χ1n) is 3.98. The Balaban J connectivity index is 0.00000144. The zero-order chi connectivity index (χ0) is 9.19. The summed E-state index contributed by atoms with van der Waals surface area (Å²) in [5.74, 6) is 0.742. The van der Waals surface area contributed by atoms with Gasteiger partial charge in [0.15, 0.2) is 5.96 Å². The maximum absolute atomic E-state index is 5.80. The Labute approximate surface area is 105 Å². The van der Waals surface area contributed by atoms with Crippen molar-refractivity contribution in [3.8, 4) is 0 Å². The van der Waals surface area contributed by atoms with Crippen LogP contribution >= 0.6 is 47.2 Å². The third-order valence-electron chi connectivity index (χ3n) is 1.80. The molecule has 0 aromatic heterocycles. The van der Waals surface area contributed by atoms with E-state index in [2.05, 4.69) is 10.3 Å². The lowest BCUT2D eigenvalue weighted by molar-refractivity contribution is 0.819. The molecule has 0 radical (unpaired) electrons. The zero-order valence-corrected chi connectivity index (χ0v) is 11.2. The van der Waals surface area contributed by atoms with E-state index in [0.717, 1.165) is 13.0 Å². The van der Waals surface area contributed by atoms with Gasteiger partial charge in [-0.05, 0) is 13.3 Å². The van der Waals surface area contributed by atoms with E-state index < -0.39 is 4.33 Å². The van der Waals surface area contributed by atoms with Crippen LogP contribution in [0.15, 0.2) is 4.99 Å². The number of rotatable bonds is 3. The predicted molar refractivity (Wildman–Crippen MR) is 68.1 cm³/mol. The van der Waals surface area contributed by atoms with E-state index in [1.165, 1.54) is 0 Å². The monoisotopic (exact) mass is 337 g/mol. The summed E-state index contributed by atoms with van der Waals surface area (Å²) in [7, 11) is 0. The lowest BCUT2D eigenvalue weighted by atomic mass is 10.4. The average molecular weight is 338 g/mol. The highest BCUT2D eigenvalue weighted by atomic mass is 127. The van der Waals surface area contributed by atoms with Crippen LogP contribution < -0.4 is 11.1 Å². The third-order valence-corrected chi connectivity index (χ3v) is 2.72. The molecule has 0 saturated heterocycles. The predicted octanol–water partition coefficient (Wildman–Crippen LogP) is 1.72. The van der Waals surface area contributed by atoms with Crippen molar-refractivity contribution in [3.05, 3.63) is 0 Å². The molecule has 1 aliphatic carbocycles. The molecule has 1 aliphatic rings. The van der Waals surface area contributed by atoms with Crippen LogP contribution in [0.2, 0.25) is 0 Å². The van der Waals surface area contributed by atoms with E-state index in [1.54, 1.807) is 0 Å². The van der Waals surface area contributed by atoms with Gasteiger partial charge in [0, 0.05) is 19.0 Å². The quantitative estimate of drug-likeness (QED) is 0.356. The number of nitrogens with two attached hydrogens (primary N) is 1. The van der Waals surface area contributed by atoms with Crippen LogP contribution in [0.5, 0.6) is 0 Å². The summed E-state index contributed by atoms with van der Waals surface area (Å²) < 4.78 is -0.546. The first-order valence-corrected chi connectivity index (χ1v) is 4.73.